The maximum atomic E-state index is 12.2. The molecule has 132 valence electrons. The third kappa shape index (κ3) is 5.05. The van der Waals surface area contributed by atoms with E-state index in [9.17, 15) is 13.2 Å². The first-order valence-electron chi connectivity index (χ1n) is 8.66. The van der Waals surface area contributed by atoms with Crippen LogP contribution in [-0.4, -0.2) is 32.7 Å². The van der Waals surface area contributed by atoms with E-state index >= 15 is 0 Å². The molecule has 2 aliphatic rings. The Balaban J connectivity index is 1.48. The van der Waals surface area contributed by atoms with E-state index in [1.165, 1.54) is 19.1 Å². The number of carbonyl (C=O) groups excluding carboxylic acids is 1. The largest absolute Gasteiger partial charge is 0.352 e. The van der Waals surface area contributed by atoms with Crippen LogP contribution in [0.25, 0.3) is 0 Å². The number of hydrogen-bond acceptors (Lipinski definition) is 4. The summed E-state index contributed by atoms with van der Waals surface area (Å²) in [5.74, 6) is 0.613. The first-order chi connectivity index (χ1) is 11.4. The van der Waals surface area contributed by atoms with Gasteiger partial charge in [0.15, 0.2) is 9.84 Å². The van der Waals surface area contributed by atoms with E-state index in [1.807, 2.05) is 18.2 Å². The minimum absolute atomic E-state index is 0.0344. The van der Waals surface area contributed by atoms with Crippen molar-refractivity contribution >= 4 is 15.7 Å². The topological polar surface area (TPSA) is 75.3 Å². The van der Waals surface area contributed by atoms with Crippen molar-refractivity contribution in [2.24, 2.45) is 5.92 Å². The van der Waals surface area contributed by atoms with Gasteiger partial charge in [-0.15, -0.1) is 0 Å². The van der Waals surface area contributed by atoms with Crippen LogP contribution in [0.1, 0.15) is 43.2 Å². The monoisotopic (exact) mass is 350 g/mol. The molecule has 2 saturated heterocycles. The predicted molar refractivity (Wildman–Crippen MR) is 94.1 cm³/mol. The van der Waals surface area contributed by atoms with Gasteiger partial charge in [-0.1, -0.05) is 24.3 Å². The van der Waals surface area contributed by atoms with Gasteiger partial charge in [-0.2, -0.15) is 0 Å². The van der Waals surface area contributed by atoms with Gasteiger partial charge < -0.3 is 10.6 Å². The summed E-state index contributed by atoms with van der Waals surface area (Å²) < 4.78 is 22.8. The summed E-state index contributed by atoms with van der Waals surface area (Å²) in [6, 6.07) is 8.62. The Morgan fingerprint density at radius 1 is 1.21 bits per heavy atom. The molecule has 1 aromatic carbocycles. The maximum Gasteiger partial charge on any atom is 0.220 e. The van der Waals surface area contributed by atoms with Crippen LogP contribution in [0, 0.1) is 5.92 Å². The fraction of sp³-hybridized carbons (Fsp3) is 0.611. The van der Waals surface area contributed by atoms with Crippen LogP contribution in [0.4, 0.5) is 0 Å². The fourth-order valence-corrected chi connectivity index (χ4v) is 4.79. The van der Waals surface area contributed by atoms with Crippen molar-refractivity contribution in [3.05, 3.63) is 35.4 Å². The minimum atomic E-state index is -3.04. The summed E-state index contributed by atoms with van der Waals surface area (Å²) in [5, 5.41) is 6.57. The molecule has 1 amide bonds. The number of amides is 1. The number of piperidine rings is 1. The average Bonchev–Trinajstić information content (AvgIpc) is 2.83. The number of rotatable bonds is 6. The molecule has 3 rings (SSSR count). The van der Waals surface area contributed by atoms with Gasteiger partial charge >= 0.3 is 0 Å². The molecule has 0 aromatic heterocycles. The summed E-state index contributed by atoms with van der Waals surface area (Å²) in [6.07, 6.45) is 6.53. The van der Waals surface area contributed by atoms with Crippen molar-refractivity contribution in [1.29, 1.82) is 0 Å². The van der Waals surface area contributed by atoms with Crippen LogP contribution in [-0.2, 0) is 26.9 Å². The lowest BCUT2D eigenvalue weighted by Gasteiger charge is -2.28. The molecular weight excluding hydrogens is 324 g/mol. The van der Waals surface area contributed by atoms with Crippen molar-refractivity contribution in [2.45, 2.75) is 56.5 Å². The van der Waals surface area contributed by atoms with Crippen LogP contribution >= 0.6 is 0 Å². The molecule has 2 fully saturated rings. The van der Waals surface area contributed by atoms with Gasteiger partial charge in [-0.3, -0.25) is 4.79 Å². The molecule has 2 unspecified atom stereocenters. The van der Waals surface area contributed by atoms with Crippen LogP contribution in [0.5, 0.6) is 0 Å². The van der Waals surface area contributed by atoms with Gasteiger partial charge in [-0.05, 0) is 42.7 Å². The molecule has 1 aromatic rings. The molecule has 24 heavy (non-hydrogen) atoms. The molecule has 0 saturated carbocycles. The third-order valence-corrected chi connectivity index (χ3v) is 5.81. The fourth-order valence-electron chi connectivity index (χ4n) is 4.01. The van der Waals surface area contributed by atoms with E-state index in [1.54, 1.807) is 6.07 Å². The number of nitrogens with one attached hydrogen (secondary N) is 2. The Hall–Kier alpha value is -1.40. The lowest BCUT2D eigenvalue weighted by atomic mass is 9.89. The Labute approximate surface area is 144 Å². The molecule has 0 radical (unpaired) electrons. The standard InChI is InChI=1S/C18H26N2O3S/c1-24(22,23)12-14-4-2-3-13(7-14)11-19-18(21)10-15-8-16-5-6-17(9-15)20-16/h2-4,7,15-17,20H,5-6,8-12H2,1H3,(H,19,21). The Bertz CT molecular complexity index is 690. The number of carbonyl (C=O) groups is 1. The van der Waals surface area contributed by atoms with E-state index in [2.05, 4.69) is 10.6 Å². The maximum absolute atomic E-state index is 12.2. The summed E-state index contributed by atoms with van der Waals surface area (Å²) in [4.78, 5) is 12.2. The second-order valence-electron chi connectivity index (χ2n) is 7.35. The molecule has 5 nitrogen and oxygen atoms in total. The molecule has 2 bridgehead atoms. The van der Waals surface area contributed by atoms with Gasteiger partial charge in [0, 0.05) is 31.3 Å². The molecule has 0 aliphatic carbocycles. The second-order valence-corrected chi connectivity index (χ2v) is 9.49. The molecule has 2 N–H and O–H groups in total. The number of sulfone groups is 1. The van der Waals surface area contributed by atoms with E-state index in [-0.39, 0.29) is 11.7 Å². The van der Waals surface area contributed by atoms with Crippen LogP contribution < -0.4 is 10.6 Å². The van der Waals surface area contributed by atoms with Gasteiger partial charge in [0.2, 0.25) is 5.91 Å². The van der Waals surface area contributed by atoms with Crippen molar-refractivity contribution in [1.82, 2.24) is 10.6 Å². The summed E-state index contributed by atoms with van der Waals surface area (Å²) in [7, 11) is -3.04. The van der Waals surface area contributed by atoms with Gasteiger partial charge in [-0.25, -0.2) is 8.42 Å². The first-order valence-corrected chi connectivity index (χ1v) is 10.7. The summed E-state index contributed by atoms with van der Waals surface area (Å²) in [6.45, 7) is 0.453. The van der Waals surface area contributed by atoms with E-state index < -0.39 is 9.84 Å². The highest BCUT2D eigenvalue weighted by Gasteiger charge is 2.34. The Morgan fingerprint density at radius 2 is 1.88 bits per heavy atom. The average molecular weight is 350 g/mol. The predicted octanol–water partition coefficient (Wildman–Crippen LogP) is 1.77. The summed E-state index contributed by atoms with van der Waals surface area (Å²) >= 11 is 0. The van der Waals surface area contributed by atoms with Crippen LogP contribution in [0.3, 0.4) is 0 Å². The Morgan fingerprint density at radius 3 is 2.54 bits per heavy atom. The molecule has 2 atom stereocenters. The minimum Gasteiger partial charge on any atom is -0.352 e. The number of fused-ring (bicyclic) bond motifs is 2. The van der Waals surface area contributed by atoms with Gasteiger partial charge in [0.25, 0.3) is 0 Å². The SMILES string of the molecule is CS(=O)(=O)Cc1cccc(CNC(=O)CC2CC3CCC(C2)N3)c1. The zero-order valence-corrected chi connectivity index (χ0v) is 14.9. The highest BCUT2D eigenvalue weighted by molar-refractivity contribution is 7.89. The normalized spacial score (nSPS) is 26.3. The second kappa shape index (κ2) is 7.23. The van der Waals surface area contributed by atoms with Gasteiger partial charge in [0.1, 0.15) is 0 Å². The molecular formula is C18H26N2O3S. The van der Waals surface area contributed by atoms with Crippen LogP contribution in [0.2, 0.25) is 0 Å². The van der Waals surface area contributed by atoms with Crippen molar-refractivity contribution in [3.8, 4) is 0 Å². The lowest BCUT2D eigenvalue weighted by molar-refractivity contribution is -0.122. The van der Waals surface area contributed by atoms with Crippen molar-refractivity contribution < 1.29 is 13.2 Å². The first kappa shape index (κ1) is 17.4. The van der Waals surface area contributed by atoms with E-state index in [0.717, 1.165) is 24.0 Å². The van der Waals surface area contributed by atoms with Crippen molar-refractivity contribution in [3.63, 3.8) is 0 Å². The highest BCUT2D eigenvalue weighted by Crippen LogP contribution is 2.32. The third-order valence-electron chi connectivity index (χ3n) is 4.95. The lowest BCUT2D eigenvalue weighted by Crippen LogP contribution is -2.39. The molecule has 0 spiro atoms. The van der Waals surface area contributed by atoms with E-state index in [0.29, 0.717) is 31.0 Å². The van der Waals surface area contributed by atoms with E-state index in [4.69, 9.17) is 0 Å². The number of hydrogen-bond donors (Lipinski definition) is 2. The zero-order chi connectivity index (χ0) is 17.2. The molecule has 2 aliphatic heterocycles. The molecule has 2 heterocycles. The quantitative estimate of drug-likeness (QED) is 0.820. The highest BCUT2D eigenvalue weighted by atomic mass is 32.2. The number of benzene rings is 1. The smallest absolute Gasteiger partial charge is 0.220 e. The summed E-state index contributed by atoms with van der Waals surface area (Å²) in [5.41, 5.74) is 1.70. The zero-order valence-electron chi connectivity index (χ0n) is 14.1. The van der Waals surface area contributed by atoms with Crippen LogP contribution in [0.15, 0.2) is 24.3 Å². The van der Waals surface area contributed by atoms with Crippen molar-refractivity contribution in [2.75, 3.05) is 6.26 Å². The van der Waals surface area contributed by atoms with Gasteiger partial charge in [0.05, 0.1) is 5.75 Å². The Kier molecular flexibility index (Phi) is 5.25. The molecule has 6 heteroatoms.